The van der Waals surface area contributed by atoms with E-state index in [0.717, 1.165) is 0 Å². The Hall–Kier alpha value is -1.75. The van der Waals surface area contributed by atoms with Crippen molar-refractivity contribution in [1.82, 2.24) is 10.2 Å². The molecule has 2 aromatic rings. The van der Waals surface area contributed by atoms with E-state index in [1.165, 1.54) is 19.4 Å². The molecule has 2 rings (SSSR count). The van der Waals surface area contributed by atoms with Gasteiger partial charge in [0.1, 0.15) is 11.6 Å². The Labute approximate surface area is 96.2 Å². The van der Waals surface area contributed by atoms with Gasteiger partial charge in [0.05, 0.1) is 29.5 Å². The van der Waals surface area contributed by atoms with Gasteiger partial charge in [-0.3, -0.25) is 5.10 Å². The van der Waals surface area contributed by atoms with Crippen LogP contribution < -0.4 is 10.5 Å². The summed E-state index contributed by atoms with van der Waals surface area (Å²) >= 11 is 5.71. The summed E-state index contributed by atoms with van der Waals surface area (Å²) in [5.74, 6) is 0.0450. The lowest BCUT2D eigenvalue weighted by molar-refractivity contribution is 0.413. The molecular weight excluding hydrogens is 233 g/mol. The van der Waals surface area contributed by atoms with E-state index < -0.39 is 5.82 Å². The summed E-state index contributed by atoms with van der Waals surface area (Å²) in [6.07, 6.45) is 1.42. The molecule has 0 saturated carbocycles. The zero-order valence-corrected chi connectivity index (χ0v) is 9.18. The molecule has 1 aromatic carbocycles. The second kappa shape index (κ2) is 4.02. The van der Waals surface area contributed by atoms with Crippen molar-refractivity contribution in [3.63, 3.8) is 0 Å². The third kappa shape index (κ3) is 1.59. The standard InChI is InChI=1S/C10H9ClFN3O/c1-16-7-3-2-6(11)9(12)8(7)5-4-14-15-10(5)13/h2-4H,1H3,(H3,13,14,15). The van der Waals surface area contributed by atoms with Crippen LogP contribution >= 0.6 is 11.6 Å². The lowest BCUT2D eigenvalue weighted by Gasteiger charge is -2.09. The summed E-state index contributed by atoms with van der Waals surface area (Å²) in [7, 11) is 1.45. The van der Waals surface area contributed by atoms with Gasteiger partial charge in [-0.05, 0) is 12.1 Å². The first kappa shape index (κ1) is 10.8. The minimum atomic E-state index is -0.575. The molecule has 0 spiro atoms. The van der Waals surface area contributed by atoms with E-state index in [2.05, 4.69) is 10.2 Å². The smallest absolute Gasteiger partial charge is 0.153 e. The van der Waals surface area contributed by atoms with Crippen molar-refractivity contribution in [1.29, 1.82) is 0 Å². The number of nitrogens with one attached hydrogen (secondary N) is 1. The molecule has 1 aromatic heterocycles. The van der Waals surface area contributed by atoms with Crippen LogP contribution in [-0.2, 0) is 0 Å². The van der Waals surface area contributed by atoms with E-state index in [1.807, 2.05) is 0 Å². The van der Waals surface area contributed by atoms with Crippen molar-refractivity contribution in [2.24, 2.45) is 0 Å². The van der Waals surface area contributed by atoms with E-state index >= 15 is 0 Å². The van der Waals surface area contributed by atoms with Crippen molar-refractivity contribution >= 4 is 17.4 Å². The van der Waals surface area contributed by atoms with Gasteiger partial charge in [-0.2, -0.15) is 5.10 Å². The number of aromatic nitrogens is 2. The predicted octanol–water partition coefficient (Wildman–Crippen LogP) is 2.46. The summed E-state index contributed by atoms with van der Waals surface area (Å²) in [5.41, 5.74) is 6.27. The molecule has 0 unspecified atom stereocenters. The summed E-state index contributed by atoms with van der Waals surface area (Å²) in [5, 5.41) is 6.27. The number of nitrogen functional groups attached to an aromatic ring is 1. The first-order valence-corrected chi connectivity index (χ1v) is 4.84. The molecule has 6 heteroatoms. The molecule has 0 bridgehead atoms. The highest BCUT2D eigenvalue weighted by Crippen LogP contribution is 2.37. The van der Waals surface area contributed by atoms with E-state index in [0.29, 0.717) is 11.3 Å². The van der Waals surface area contributed by atoms with Gasteiger partial charge in [0.2, 0.25) is 0 Å². The Bertz CT molecular complexity index is 527. The number of hydrogen-bond acceptors (Lipinski definition) is 3. The van der Waals surface area contributed by atoms with Crippen LogP contribution in [0, 0.1) is 5.82 Å². The second-order valence-corrected chi connectivity index (χ2v) is 3.54. The molecule has 0 atom stereocenters. The largest absolute Gasteiger partial charge is 0.496 e. The molecule has 0 amide bonds. The minimum absolute atomic E-state index is 0.0106. The number of halogens is 2. The van der Waals surface area contributed by atoms with E-state index in [9.17, 15) is 4.39 Å². The van der Waals surface area contributed by atoms with Crippen LogP contribution in [0.3, 0.4) is 0 Å². The number of H-pyrrole nitrogens is 1. The van der Waals surface area contributed by atoms with Crippen LogP contribution in [0.2, 0.25) is 5.02 Å². The normalized spacial score (nSPS) is 10.4. The number of hydrogen-bond donors (Lipinski definition) is 2. The van der Waals surface area contributed by atoms with Gasteiger partial charge < -0.3 is 10.5 Å². The summed E-state index contributed by atoms with van der Waals surface area (Å²) in [4.78, 5) is 0. The fraction of sp³-hybridized carbons (Fsp3) is 0.100. The average molecular weight is 242 g/mol. The lowest BCUT2D eigenvalue weighted by atomic mass is 10.1. The van der Waals surface area contributed by atoms with Crippen LogP contribution in [0.1, 0.15) is 0 Å². The van der Waals surface area contributed by atoms with Crippen molar-refractivity contribution in [3.8, 4) is 16.9 Å². The minimum Gasteiger partial charge on any atom is -0.496 e. The second-order valence-electron chi connectivity index (χ2n) is 3.14. The molecule has 16 heavy (non-hydrogen) atoms. The van der Waals surface area contributed by atoms with Gasteiger partial charge >= 0.3 is 0 Å². The number of benzene rings is 1. The van der Waals surface area contributed by atoms with Crippen LogP contribution in [0.5, 0.6) is 5.75 Å². The number of nitrogens with two attached hydrogens (primary N) is 1. The Balaban J connectivity index is 2.72. The zero-order chi connectivity index (χ0) is 11.7. The third-order valence-electron chi connectivity index (χ3n) is 2.21. The summed E-state index contributed by atoms with van der Waals surface area (Å²) < 4.78 is 18.9. The monoisotopic (exact) mass is 241 g/mol. The van der Waals surface area contributed by atoms with Gasteiger partial charge in [0, 0.05) is 0 Å². The summed E-state index contributed by atoms with van der Waals surface area (Å²) in [6.45, 7) is 0. The molecule has 4 nitrogen and oxygen atoms in total. The molecule has 0 aliphatic rings. The SMILES string of the molecule is COc1ccc(Cl)c(F)c1-c1cn[nH]c1N. The highest BCUT2D eigenvalue weighted by Gasteiger charge is 2.18. The van der Waals surface area contributed by atoms with Gasteiger partial charge in [-0.15, -0.1) is 0 Å². The quantitative estimate of drug-likeness (QED) is 0.849. The Morgan fingerprint density at radius 1 is 1.50 bits per heavy atom. The van der Waals surface area contributed by atoms with Crippen molar-refractivity contribution in [2.75, 3.05) is 12.8 Å². The number of methoxy groups -OCH3 is 1. The Morgan fingerprint density at radius 2 is 2.25 bits per heavy atom. The van der Waals surface area contributed by atoms with Gasteiger partial charge in [0.25, 0.3) is 0 Å². The van der Waals surface area contributed by atoms with Crippen LogP contribution in [0.15, 0.2) is 18.3 Å². The molecule has 1 heterocycles. The van der Waals surface area contributed by atoms with Crippen molar-refractivity contribution in [2.45, 2.75) is 0 Å². The molecule has 0 aliphatic carbocycles. The van der Waals surface area contributed by atoms with E-state index in [-0.39, 0.29) is 16.4 Å². The topological polar surface area (TPSA) is 63.9 Å². The van der Waals surface area contributed by atoms with Gasteiger partial charge in [-0.25, -0.2) is 4.39 Å². The molecule has 0 radical (unpaired) electrons. The van der Waals surface area contributed by atoms with Crippen molar-refractivity contribution < 1.29 is 9.13 Å². The maximum Gasteiger partial charge on any atom is 0.153 e. The zero-order valence-electron chi connectivity index (χ0n) is 8.42. The number of aromatic amines is 1. The number of rotatable bonds is 2. The summed E-state index contributed by atoms with van der Waals surface area (Å²) in [6, 6.07) is 3.00. The first-order chi connectivity index (χ1) is 7.65. The highest BCUT2D eigenvalue weighted by molar-refractivity contribution is 6.31. The Morgan fingerprint density at radius 3 is 2.81 bits per heavy atom. The van der Waals surface area contributed by atoms with Gasteiger partial charge in [0.15, 0.2) is 5.82 Å². The molecule has 0 fully saturated rings. The predicted molar refractivity (Wildman–Crippen MR) is 60.0 cm³/mol. The highest BCUT2D eigenvalue weighted by atomic mass is 35.5. The number of anilines is 1. The molecular formula is C10H9ClFN3O. The van der Waals surface area contributed by atoms with Crippen LogP contribution in [0.25, 0.3) is 11.1 Å². The van der Waals surface area contributed by atoms with Crippen LogP contribution in [0.4, 0.5) is 10.2 Å². The number of nitrogens with zero attached hydrogens (tertiary/aromatic N) is 1. The maximum atomic E-state index is 13.9. The third-order valence-corrected chi connectivity index (χ3v) is 2.51. The van der Waals surface area contributed by atoms with Crippen molar-refractivity contribution in [3.05, 3.63) is 29.2 Å². The first-order valence-electron chi connectivity index (χ1n) is 4.46. The Kier molecular flexibility index (Phi) is 2.70. The molecule has 0 saturated heterocycles. The van der Waals surface area contributed by atoms with E-state index in [4.69, 9.17) is 22.1 Å². The average Bonchev–Trinajstić information content (AvgIpc) is 2.68. The van der Waals surface area contributed by atoms with Crippen LogP contribution in [-0.4, -0.2) is 17.3 Å². The number of ether oxygens (including phenoxy) is 1. The molecule has 84 valence electrons. The fourth-order valence-corrected chi connectivity index (χ4v) is 1.61. The molecule has 0 aliphatic heterocycles. The lowest BCUT2D eigenvalue weighted by Crippen LogP contribution is -1.95. The maximum absolute atomic E-state index is 13.9. The van der Waals surface area contributed by atoms with E-state index in [1.54, 1.807) is 6.07 Å². The fourth-order valence-electron chi connectivity index (χ4n) is 1.45. The molecule has 3 N–H and O–H groups in total. The van der Waals surface area contributed by atoms with Gasteiger partial charge in [-0.1, -0.05) is 11.6 Å².